The molecule has 106 valence electrons. The smallest absolute Gasteiger partial charge is 0.255 e. The lowest BCUT2D eigenvalue weighted by molar-refractivity contribution is -0.119. The second kappa shape index (κ2) is 5.16. The van der Waals surface area contributed by atoms with Gasteiger partial charge in [-0.1, -0.05) is 0 Å². The lowest BCUT2D eigenvalue weighted by atomic mass is 9.77. The molecule has 20 heavy (non-hydrogen) atoms. The molecule has 2 amide bonds. The topological polar surface area (TPSA) is 62.3 Å². The van der Waals surface area contributed by atoms with Crippen LogP contribution in [0.4, 0.5) is 0 Å². The standard InChI is InChI=1S/C14H16BrN3O2/c15-11-2-1-10(8-16-11)13(20)18-5-3-14(4-6-18)7-12(19)17-9-14/h1-2,8H,3-7,9H2,(H,17,19). The van der Waals surface area contributed by atoms with E-state index in [1.165, 1.54) is 0 Å². The number of pyridine rings is 1. The fraction of sp³-hybridized carbons (Fsp3) is 0.500. The van der Waals surface area contributed by atoms with Gasteiger partial charge < -0.3 is 10.2 Å². The lowest BCUT2D eigenvalue weighted by Gasteiger charge is -2.38. The Morgan fingerprint density at radius 2 is 2.10 bits per heavy atom. The summed E-state index contributed by atoms with van der Waals surface area (Å²) in [7, 11) is 0. The van der Waals surface area contributed by atoms with Crippen molar-refractivity contribution in [2.45, 2.75) is 19.3 Å². The van der Waals surface area contributed by atoms with Gasteiger partial charge in [0, 0.05) is 32.3 Å². The van der Waals surface area contributed by atoms with Gasteiger partial charge >= 0.3 is 0 Å². The van der Waals surface area contributed by atoms with Gasteiger partial charge in [-0.15, -0.1) is 0 Å². The Morgan fingerprint density at radius 3 is 2.65 bits per heavy atom. The van der Waals surface area contributed by atoms with Crippen molar-refractivity contribution in [1.29, 1.82) is 0 Å². The molecular formula is C14H16BrN3O2. The number of amides is 2. The van der Waals surface area contributed by atoms with Gasteiger partial charge in [0.15, 0.2) is 0 Å². The zero-order chi connectivity index (χ0) is 14.2. The van der Waals surface area contributed by atoms with Crippen molar-refractivity contribution in [3.63, 3.8) is 0 Å². The summed E-state index contributed by atoms with van der Waals surface area (Å²) >= 11 is 3.26. The molecule has 0 atom stereocenters. The van der Waals surface area contributed by atoms with Gasteiger partial charge in [-0.25, -0.2) is 4.98 Å². The summed E-state index contributed by atoms with van der Waals surface area (Å²) in [6.45, 7) is 2.18. The van der Waals surface area contributed by atoms with Crippen LogP contribution in [0.2, 0.25) is 0 Å². The Morgan fingerprint density at radius 1 is 1.35 bits per heavy atom. The van der Waals surface area contributed by atoms with E-state index in [0.29, 0.717) is 25.1 Å². The summed E-state index contributed by atoms with van der Waals surface area (Å²) < 4.78 is 0.724. The third-order valence-electron chi connectivity index (χ3n) is 4.28. The number of hydrogen-bond donors (Lipinski definition) is 1. The SMILES string of the molecule is O=C1CC2(CCN(C(=O)c3ccc(Br)nc3)CC2)CN1. The average Bonchev–Trinajstić information content (AvgIpc) is 2.81. The minimum Gasteiger partial charge on any atom is -0.356 e. The molecule has 6 heteroatoms. The molecule has 0 radical (unpaired) electrons. The molecule has 0 unspecified atom stereocenters. The Bertz CT molecular complexity index is 536. The highest BCUT2D eigenvalue weighted by Crippen LogP contribution is 2.37. The van der Waals surface area contributed by atoms with Gasteiger partial charge in [0.1, 0.15) is 4.60 Å². The van der Waals surface area contributed by atoms with Gasteiger partial charge in [-0.05, 0) is 46.3 Å². The molecule has 1 spiro atoms. The zero-order valence-electron chi connectivity index (χ0n) is 11.1. The van der Waals surface area contributed by atoms with Crippen LogP contribution in [0.5, 0.6) is 0 Å². The molecule has 5 nitrogen and oxygen atoms in total. The normalized spacial score (nSPS) is 21.1. The number of hydrogen-bond acceptors (Lipinski definition) is 3. The van der Waals surface area contributed by atoms with Crippen LogP contribution >= 0.6 is 15.9 Å². The molecule has 2 aliphatic heterocycles. The van der Waals surface area contributed by atoms with E-state index >= 15 is 0 Å². The summed E-state index contributed by atoms with van der Waals surface area (Å²) in [4.78, 5) is 29.7. The Labute approximate surface area is 125 Å². The van der Waals surface area contributed by atoms with Crippen molar-refractivity contribution in [3.8, 4) is 0 Å². The molecule has 0 saturated carbocycles. The average molecular weight is 338 g/mol. The summed E-state index contributed by atoms with van der Waals surface area (Å²) in [5.41, 5.74) is 0.691. The number of carbonyl (C=O) groups is 2. The van der Waals surface area contributed by atoms with Gasteiger partial charge in [-0.3, -0.25) is 9.59 Å². The third-order valence-corrected chi connectivity index (χ3v) is 4.75. The van der Waals surface area contributed by atoms with Crippen LogP contribution in [0.1, 0.15) is 29.6 Å². The van der Waals surface area contributed by atoms with Crippen molar-refractivity contribution in [3.05, 3.63) is 28.5 Å². The van der Waals surface area contributed by atoms with Crippen LogP contribution in [-0.4, -0.2) is 41.3 Å². The first-order chi connectivity index (χ1) is 9.58. The van der Waals surface area contributed by atoms with Crippen LogP contribution in [0.15, 0.2) is 22.9 Å². The number of nitrogens with zero attached hydrogens (tertiary/aromatic N) is 2. The first-order valence-corrected chi connectivity index (χ1v) is 7.55. The summed E-state index contributed by atoms with van der Waals surface area (Å²) in [5.74, 6) is 0.166. The van der Waals surface area contributed by atoms with Gasteiger partial charge in [0.05, 0.1) is 5.56 Å². The Hall–Kier alpha value is -1.43. The highest BCUT2D eigenvalue weighted by molar-refractivity contribution is 9.10. The number of carbonyl (C=O) groups excluding carboxylic acids is 2. The zero-order valence-corrected chi connectivity index (χ0v) is 12.6. The Kier molecular flexibility index (Phi) is 3.50. The molecule has 1 N–H and O–H groups in total. The van der Waals surface area contributed by atoms with Gasteiger partial charge in [0.2, 0.25) is 5.91 Å². The van der Waals surface area contributed by atoms with E-state index in [2.05, 4.69) is 26.2 Å². The minimum atomic E-state index is 0.0251. The fourth-order valence-corrected chi connectivity index (χ4v) is 3.21. The van der Waals surface area contributed by atoms with Crippen molar-refractivity contribution in [2.24, 2.45) is 5.41 Å². The number of rotatable bonds is 1. The van der Waals surface area contributed by atoms with Crippen molar-refractivity contribution in [1.82, 2.24) is 15.2 Å². The quantitative estimate of drug-likeness (QED) is 0.791. The summed E-state index contributed by atoms with van der Waals surface area (Å²) in [6, 6.07) is 3.56. The fourth-order valence-electron chi connectivity index (χ4n) is 2.97. The summed E-state index contributed by atoms with van der Waals surface area (Å²) in [5, 5.41) is 2.90. The molecule has 2 aliphatic rings. The maximum Gasteiger partial charge on any atom is 0.255 e. The predicted molar refractivity (Wildman–Crippen MR) is 77.1 cm³/mol. The van der Waals surface area contributed by atoms with Crippen molar-refractivity contribution >= 4 is 27.7 Å². The van der Waals surface area contributed by atoms with Gasteiger partial charge in [0.25, 0.3) is 5.91 Å². The molecule has 1 aromatic heterocycles. The third kappa shape index (κ3) is 2.57. The second-order valence-corrected chi connectivity index (χ2v) is 6.43. The van der Waals surface area contributed by atoms with E-state index in [9.17, 15) is 9.59 Å². The number of nitrogens with one attached hydrogen (secondary N) is 1. The van der Waals surface area contributed by atoms with E-state index in [-0.39, 0.29) is 17.2 Å². The van der Waals surface area contributed by atoms with Crippen molar-refractivity contribution in [2.75, 3.05) is 19.6 Å². The van der Waals surface area contributed by atoms with Crippen LogP contribution < -0.4 is 5.32 Å². The minimum absolute atomic E-state index is 0.0251. The number of likely N-dealkylation sites (tertiary alicyclic amines) is 1. The highest BCUT2D eigenvalue weighted by atomic mass is 79.9. The van der Waals surface area contributed by atoms with E-state index in [0.717, 1.165) is 24.0 Å². The Balaban J connectivity index is 1.64. The van der Waals surface area contributed by atoms with E-state index in [4.69, 9.17) is 0 Å². The van der Waals surface area contributed by atoms with E-state index in [1.807, 2.05) is 4.90 Å². The molecule has 0 aromatic carbocycles. The van der Waals surface area contributed by atoms with Crippen LogP contribution in [0, 0.1) is 5.41 Å². The van der Waals surface area contributed by atoms with Gasteiger partial charge in [-0.2, -0.15) is 0 Å². The molecule has 2 saturated heterocycles. The van der Waals surface area contributed by atoms with E-state index < -0.39 is 0 Å². The largest absolute Gasteiger partial charge is 0.356 e. The summed E-state index contributed by atoms with van der Waals surface area (Å²) in [6.07, 6.45) is 3.98. The van der Waals surface area contributed by atoms with Crippen LogP contribution in [0.25, 0.3) is 0 Å². The number of aromatic nitrogens is 1. The van der Waals surface area contributed by atoms with Crippen LogP contribution in [-0.2, 0) is 4.79 Å². The molecular weight excluding hydrogens is 322 g/mol. The number of halogens is 1. The second-order valence-electron chi connectivity index (χ2n) is 5.62. The maximum atomic E-state index is 12.4. The first kappa shape index (κ1) is 13.5. The maximum absolute atomic E-state index is 12.4. The van der Waals surface area contributed by atoms with Crippen molar-refractivity contribution < 1.29 is 9.59 Å². The highest BCUT2D eigenvalue weighted by Gasteiger charge is 2.41. The number of piperidine rings is 1. The molecule has 3 heterocycles. The first-order valence-electron chi connectivity index (χ1n) is 6.76. The molecule has 2 fully saturated rings. The molecule has 3 rings (SSSR count). The monoisotopic (exact) mass is 337 g/mol. The molecule has 0 bridgehead atoms. The lowest BCUT2D eigenvalue weighted by Crippen LogP contribution is -2.44. The van der Waals surface area contributed by atoms with Crippen LogP contribution in [0.3, 0.4) is 0 Å². The predicted octanol–water partition coefficient (Wildman–Crippen LogP) is 1.59. The molecule has 1 aromatic rings. The molecule has 0 aliphatic carbocycles. The van der Waals surface area contributed by atoms with E-state index in [1.54, 1.807) is 18.3 Å².